The van der Waals surface area contributed by atoms with Gasteiger partial charge in [0.2, 0.25) is 11.9 Å². The minimum Gasteiger partial charge on any atom is -0.459 e. The molecule has 57 heavy (non-hydrogen) atoms. The lowest BCUT2D eigenvalue weighted by Gasteiger charge is -2.46. The van der Waals surface area contributed by atoms with E-state index in [0.29, 0.717) is 0 Å². The number of benzene rings is 3. The van der Waals surface area contributed by atoms with Gasteiger partial charge in [-0.25, -0.2) is 28.9 Å². The molecule has 302 valence electrons. The molecule has 0 spiro atoms. The van der Waals surface area contributed by atoms with E-state index in [2.05, 4.69) is 20.9 Å². The normalized spacial score (nSPS) is 16.4. The zero-order valence-electron chi connectivity index (χ0n) is 32.3. The number of hydrogen-bond donors (Lipinski definition) is 3. The first kappa shape index (κ1) is 41.7. The van der Waals surface area contributed by atoms with Crippen LogP contribution in [0.1, 0.15) is 50.3 Å². The van der Waals surface area contributed by atoms with E-state index < -0.39 is 47.6 Å². The molecule has 2 saturated heterocycles. The van der Waals surface area contributed by atoms with Gasteiger partial charge >= 0.3 is 30.2 Å². The molecular formula is C41H49N7O9. The van der Waals surface area contributed by atoms with E-state index in [-0.39, 0.29) is 77.4 Å². The monoisotopic (exact) mass is 783 g/mol. The largest absolute Gasteiger partial charge is 0.459 e. The summed E-state index contributed by atoms with van der Waals surface area (Å²) in [6, 6.07) is 25.0. The second-order valence-corrected chi connectivity index (χ2v) is 14.5. The number of carbonyl (C=O) groups is 6. The highest BCUT2D eigenvalue weighted by atomic mass is 16.6. The molecule has 3 aromatic rings. The zero-order chi connectivity index (χ0) is 40.8. The molecule has 3 N–H and O–H groups in total. The summed E-state index contributed by atoms with van der Waals surface area (Å²) >= 11 is 0. The van der Waals surface area contributed by atoms with Gasteiger partial charge in [-0.15, -0.1) is 0 Å². The third-order valence-electron chi connectivity index (χ3n) is 9.01. The number of urea groups is 2. The lowest BCUT2D eigenvalue weighted by atomic mass is 9.83. The number of carbonyl (C=O) groups excluding carboxylic acids is 6. The van der Waals surface area contributed by atoms with Gasteiger partial charge in [0.1, 0.15) is 19.8 Å². The number of guanidine groups is 1. The number of esters is 1. The smallest absolute Gasteiger partial charge is 0.414 e. The Kier molecular flexibility index (Phi) is 14.6. The molecule has 7 amide bonds. The highest BCUT2D eigenvalue weighted by Gasteiger charge is 2.56. The van der Waals surface area contributed by atoms with E-state index in [0.717, 1.165) is 21.6 Å². The maximum atomic E-state index is 13.7. The Morgan fingerprint density at radius 2 is 1.14 bits per heavy atom. The Bertz CT molecular complexity index is 1820. The molecule has 16 nitrogen and oxygen atoms in total. The maximum Gasteiger partial charge on any atom is 0.414 e. The summed E-state index contributed by atoms with van der Waals surface area (Å²) in [6.07, 6.45) is -1.38. The van der Waals surface area contributed by atoms with Crippen LogP contribution in [-0.4, -0.2) is 101 Å². The van der Waals surface area contributed by atoms with Gasteiger partial charge in [-0.3, -0.25) is 20.4 Å². The van der Waals surface area contributed by atoms with Crippen LogP contribution in [0, 0.1) is 5.92 Å². The average molecular weight is 784 g/mol. The third-order valence-corrected chi connectivity index (χ3v) is 9.01. The van der Waals surface area contributed by atoms with Gasteiger partial charge in [0.05, 0.1) is 5.92 Å². The molecule has 16 heteroatoms. The Balaban J connectivity index is 1.22. The van der Waals surface area contributed by atoms with Gasteiger partial charge in [-0.1, -0.05) is 91.0 Å². The highest BCUT2D eigenvalue weighted by molar-refractivity contribution is 6.08. The first-order valence-electron chi connectivity index (χ1n) is 18.8. The van der Waals surface area contributed by atoms with Crippen molar-refractivity contribution in [3.63, 3.8) is 0 Å². The van der Waals surface area contributed by atoms with Gasteiger partial charge in [-0.2, -0.15) is 0 Å². The molecule has 0 bridgehead atoms. The minimum atomic E-state index is -1.18. The summed E-state index contributed by atoms with van der Waals surface area (Å²) in [4.78, 5) is 87.2. The van der Waals surface area contributed by atoms with Gasteiger partial charge in [-0.05, 0) is 50.3 Å². The summed E-state index contributed by atoms with van der Waals surface area (Å²) in [5, 5.41) is 7.77. The summed E-state index contributed by atoms with van der Waals surface area (Å²) in [7, 11) is 0. The third kappa shape index (κ3) is 12.5. The lowest BCUT2D eigenvalue weighted by Crippen LogP contribution is -2.70. The number of imide groups is 1. The number of nitrogens with zero attached hydrogens (tertiary/aromatic N) is 4. The first-order valence-corrected chi connectivity index (χ1v) is 18.8. The Hall–Kier alpha value is -6.45. The number of alkyl carbamates (subject to hydrolysis) is 2. The Morgan fingerprint density at radius 1 is 0.684 bits per heavy atom. The molecule has 0 radical (unpaired) electrons. The fraction of sp³-hybridized carbons (Fsp3) is 0.390. The molecule has 2 atom stereocenters. The average Bonchev–Trinajstić information content (AvgIpc) is 3.20. The first-order chi connectivity index (χ1) is 27.4. The number of piperazine rings is 1. The van der Waals surface area contributed by atoms with Crippen molar-refractivity contribution in [2.24, 2.45) is 10.9 Å². The molecule has 0 aliphatic carbocycles. The van der Waals surface area contributed by atoms with Gasteiger partial charge in [0.15, 0.2) is 6.04 Å². The fourth-order valence-electron chi connectivity index (χ4n) is 6.10. The van der Waals surface area contributed by atoms with E-state index >= 15 is 0 Å². The minimum absolute atomic E-state index is 0.00929. The number of β-lactam (4-membered cyclic amide) rings is 1. The van der Waals surface area contributed by atoms with Crippen molar-refractivity contribution in [1.82, 2.24) is 30.7 Å². The predicted molar refractivity (Wildman–Crippen MR) is 208 cm³/mol. The molecule has 0 aromatic heterocycles. The predicted octanol–water partition coefficient (Wildman–Crippen LogP) is 4.79. The number of aliphatic imine (C=N–C) groups is 1. The second kappa shape index (κ2) is 19.9. The SMILES string of the molecule is CC(C)(C)NC(=O)N1CCN(C(=O)N2C(=O)C(CCCN=C(NC(=O)OCc3ccccc3)NC(=O)OCc3ccccc3)C2C(=O)OCc2ccccc2)CC1. The summed E-state index contributed by atoms with van der Waals surface area (Å²) in [5.74, 6) is -2.39. The summed E-state index contributed by atoms with van der Waals surface area (Å²) < 4.78 is 16.2. The molecule has 0 saturated carbocycles. The van der Waals surface area contributed by atoms with Crippen molar-refractivity contribution in [1.29, 1.82) is 0 Å². The standard InChI is InChI=1S/C41H49N7O9/c1-41(2,3)45-37(51)46-22-24-47(25-23-46)40(54)48-33(35(50)55-26-29-14-7-4-8-15-29)32(34(48)49)20-13-21-42-36(43-38(52)56-27-30-16-9-5-10-17-30)44-39(53)57-28-31-18-11-6-12-19-31/h4-12,14-19,32-33H,13,20-28H2,1-3H3,(H,45,51)(H2,42,43,44,52,53). The van der Waals surface area contributed by atoms with Crippen LogP contribution in [0.4, 0.5) is 19.2 Å². The Morgan fingerprint density at radius 3 is 1.61 bits per heavy atom. The Labute approximate surface area is 331 Å². The fourth-order valence-corrected chi connectivity index (χ4v) is 6.10. The van der Waals surface area contributed by atoms with E-state index in [4.69, 9.17) is 14.2 Å². The number of amides is 7. The zero-order valence-corrected chi connectivity index (χ0v) is 32.3. The van der Waals surface area contributed by atoms with Crippen molar-refractivity contribution in [2.75, 3.05) is 32.7 Å². The molecule has 2 fully saturated rings. The number of hydrogen-bond acceptors (Lipinski definition) is 10. The van der Waals surface area contributed by atoms with Gasteiger partial charge < -0.3 is 29.3 Å². The van der Waals surface area contributed by atoms with Crippen LogP contribution in [0.3, 0.4) is 0 Å². The topological polar surface area (TPSA) is 188 Å². The molecular weight excluding hydrogens is 734 g/mol. The van der Waals surface area contributed by atoms with Gasteiger partial charge in [0, 0.05) is 38.3 Å². The van der Waals surface area contributed by atoms with Crippen LogP contribution in [0.5, 0.6) is 0 Å². The summed E-state index contributed by atoms with van der Waals surface area (Å²) in [6.45, 7) is 6.40. The lowest BCUT2D eigenvalue weighted by molar-refractivity contribution is -0.171. The van der Waals surface area contributed by atoms with Crippen molar-refractivity contribution in [3.8, 4) is 0 Å². The number of ether oxygens (including phenoxy) is 3. The van der Waals surface area contributed by atoms with E-state index in [1.54, 1.807) is 77.7 Å². The molecule has 5 rings (SSSR count). The molecule has 2 heterocycles. The van der Waals surface area contributed by atoms with Crippen molar-refractivity contribution in [3.05, 3.63) is 108 Å². The van der Waals surface area contributed by atoms with Crippen molar-refractivity contribution in [2.45, 2.75) is 65.0 Å². The van der Waals surface area contributed by atoms with E-state index in [1.165, 1.54) is 4.90 Å². The van der Waals surface area contributed by atoms with Crippen molar-refractivity contribution < 1.29 is 43.0 Å². The molecule has 3 aromatic carbocycles. The number of likely N-dealkylation sites (tertiary alicyclic amines) is 1. The molecule has 2 unspecified atom stereocenters. The van der Waals surface area contributed by atoms with Crippen LogP contribution in [0.2, 0.25) is 0 Å². The second-order valence-electron chi connectivity index (χ2n) is 14.5. The van der Waals surface area contributed by atoms with Crippen LogP contribution in [-0.2, 0) is 43.6 Å². The van der Waals surface area contributed by atoms with Crippen LogP contribution in [0.25, 0.3) is 0 Å². The van der Waals surface area contributed by atoms with Crippen LogP contribution < -0.4 is 16.0 Å². The quantitative estimate of drug-likeness (QED) is 0.0614. The van der Waals surface area contributed by atoms with E-state index in [9.17, 15) is 28.8 Å². The molecule has 2 aliphatic heterocycles. The maximum absolute atomic E-state index is 13.7. The van der Waals surface area contributed by atoms with Crippen LogP contribution in [0.15, 0.2) is 96.0 Å². The van der Waals surface area contributed by atoms with E-state index in [1.807, 2.05) is 39.0 Å². The van der Waals surface area contributed by atoms with Gasteiger partial charge in [0.25, 0.3) is 0 Å². The van der Waals surface area contributed by atoms with Crippen molar-refractivity contribution >= 4 is 42.1 Å². The molecule has 2 aliphatic rings. The highest BCUT2D eigenvalue weighted by Crippen LogP contribution is 2.33. The number of rotatable bonds is 11. The van der Waals surface area contributed by atoms with Crippen LogP contribution >= 0.6 is 0 Å². The summed E-state index contributed by atoms with van der Waals surface area (Å²) in [5.41, 5.74) is 1.81. The number of nitrogens with one attached hydrogen (secondary N) is 3.